The van der Waals surface area contributed by atoms with Crippen molar-refractivity contribution in [3.8, 4) is 17.6 Å². The molecule has 116 valence electrons. The molecule has 5 nitrogen and oxygen atoms in total. The van der Waals surface area contributed by atoms with Gasteiger partial charge in [0.15, 0.2) is 11.5 Å². The molecule has 1 aromatic carbocycles. The first-order valence-corrected chi connectivity index (χ1v) is 7.46. The van der Waals surface area contributed by atoms with Crippen molar-refractivity contribution >= 4 is 12.0 Å². The van der Waals surface area contributed by atoms with E-state index in [1.807, 2.05) is 6.07 Å². The summed E-state index contributed by atoms with van der Waals surface area (Å²) in [5.41, 5.74) is 0.474. The molecule has 5 heteroatoms. The van der Waals surface area contributed by atoms with Crippen LogP contribution < -0.4 is 5.32 Å². The van der Waals surface area contributed by atoms with Crippen molar-refractivity contribution in [3.05, 3.63) is 29.3 Å². The molecular weight excluding hydrogens is 280 g/mol. The van der Waals surface area contributed by atoms with Gasteiger partial charge in [-0.2, -0.15) is 5.26 Å². The minimum Gasteiger partial charge on any atom is -0.504 e. The van der Waals surface area contributed by atoms with E-state index in [2.05, 4.69) is 12.2 Å². The lowest BCUT2D eigenvalue weighted by Gasteiger charge is -2.29. The second kappa shape index (κ2) is 6.99. The molecule has 1 amide bonds. The first-order chi connectivity index (χ1) is 10.5. The lowest BCUT2D eigenvalue weighted by Crippen LogP contribution is -2.41. The third-order valence-electron chi connectivity index (χ3n) is 4.10. The largest absolute Gasteiger partial charge is 0.504 e. The molecule has 1 fully saturated rings. The molecule has 1 aliphatic rings. The molecule has 0 unspecified atom stereocenters. The fraction of sp³-hybridized carbons (Fsp3) is 0.412. The molecule has 3 N–H and O–H groups in total. The molecule has 0 spiro atoms. The standard InChI is InChI=1S/C17H20N2O3/c1-11-4-2-3-5-14(11)19-17(22)13(10-18)8-12-6-7-15(20)16(21)9-12/h6-9,11,14,20-21H,2-5H2,1H3,(H,19,22)/b13-8+/t11-,14-/m0/s1. The maximum atomic E-state index is 12.2. The number of hydrogen-bond donors (Lipinski definition) is 3. The van der Waals surface area contributed by atoms with Gasteiger partial charge in [0, 0.05) is 6.04 Å². The van der Waals surface area contributed by atoms with Gasteiger partial charge >= 0.3 is 0 Å². The van der Waals surface area contributed by atoms with Gasteiger partial charge in [-0.3, -0.25) is 4.79 Å². The molecule has 0 saturated heterocycles. The maximum Gasteiger partial charge on any atom is 0.262 e. The molecule has 0 aliphatic heterocycles. The zero-order valence-corrected chi connectivity index (χ0v) is 12.5. The smallest absolute Gasteiger partial charge is 0.262 e. The van der Waals surface area contributed by atoms with Crippen molar-refractivity contribution in [2.24, 2.45) is 5.92 Å². The Bertz CT molecular complexity index is 631. The van der Waals surface area contributed by atoms with Crippen LogP contribution in [-0.4, -0.2) is 22.2 Å². The predicted molar refractivity (Wildman–Crippen MR) is 82.9 cm³/mol. The number of rotatable bonds is 3. The molecule has 1 aliphatic carbocycles. The van der Waals surface area contributed by atoms with Crippen LogP contribution in [0.1, 0.15) is 38.2 Å². The van der Waals surface area contributed by atoms with Gasteiger partial charge in [0.25, 0.3) is 5.91 Å². The summed E-state index contributed by atoms with van der Waals surface area (Å²) >= 11 is 0. The van der Waals surface area contributed by atoms with Crippen LogP contribution in [0.5, 0.6) is 11.5 Å². The van der Waals surface area contributed by atoms with Gasteiger partial charge in [-0.1, -0.05) is 25.8 Å². The summed E-state index contributed by atoms with van der Waals surface area (Å²) in [6.07, 6.45) is 5.70. The summed E-state index contributed by atoms with van der Waals surface area (Å²) in [5, 5.41) is 30.8. The van der Waals surface area contributed by atoms with Crippen LogP contribution in [0.4, 0.5) is 0 Å². The number of carbonyl (C=O) groups is 1. The van der Waals surface area contributed by atoms with E-state index in [4.69, 9.17) is 0 Å². The third-order valence-corrected chi connectivity index (χ3v) is 4.10. The zero-order valence-electron chi connectivity index (χ0n) is 12.5. The maximum absolute atomic E-state index is 12.2. The van der Waals surface area contributed by atoms with E-state index in [0.29, 0.717) is 11.5 Å². The van der Waals surface area contributed by atoms with Crippen molar-refractivity contribution in [1.82, 2.24) is 5.32 Å². The van der Waals surface area contributed by atoms with Crippen molar-refractivity contribution in [1.29, 1.82) is 5.26 Å². The summed E-state index contributed by atoms with van der Waals surface area (Å²) in [7, 11) is 0. The number of nitrogens with one attached hydrogen (secondary N) is 1. The van der Waals surface area contributed by atoms with E-state index < -0.39 is 5.91 Å². The Labute approximate surface area is 129 Å². The molecule has 2 atom stereocenters. The second-order valence-electron chi connectivity index (χ2n) is 5.76. The van der Waals surface area contributed by atoms with E-state index in [9.17, 15) is 20.3 Å². The Morgan fingerprint density at radius 2 is 2.05 bits per heavy atom. The van der Waals surface area contributed by atoms with Crippen LogP contribution >= 0.6 is 0 Å². The fourth-order valence-corrected chi connectivity index (χ4v) is 2.72. The van der Waals surface area contributed by atoms with Crippen LogP contribution in [0.3, 0.4) is 0 Å². The quantitative estimate of drug-likeness (QED) is 0.454. The van der Waals surface area contributed by atoms with Gasteiger partial charge < -0.3 is 15.5 Å². The lowest BCUT2D eigenvalue weighted by molar-refractivity contribution is -0.118. The Balaban J connectivity index is 2.13. The normalized spacial score (nSPS) is 21.9. The van der Waals surface area contributed by atoms with E-state index >= 15 is 0 Å². The first-order valence-electron chi connectivity index (χ1n) is 7.46. The number of phenolic OH excluding ortho intramolecular Hbond substituents is 2. The molecule has 0 heterocycles. The summed E-state index contributed by atoms with van der Waals surface area (Å²) < 4.78 is 0. The molecule has 1 aromatic rings. The molecule has 0 radical (unpaired) electrons. The molecule has 1 saturated carbocycles. The highest BCUT2D eigenvalue weighted by Crippen LogP contribution is 2.26. The van der Waals surface area contributed by atoms with Crippen LogP contribution in [0.15, 0.2) is 23.8 Å². The monoisotopic (exact) mass is 300 g/mol. The Morgan fingerprint density at radius 3 is 2.68 bits per heavy atom. The number of aromatic hydroxyl groups is 2. The van der Waals surface area contributed by atoms with Crippen LogP contribution in [0.25, 0.3) is 6.08 Å². The minimum atomic E-state index is -0.395. The molecule has 0 aromatic heterocycles. The second-order valence-corrected chi connectivity index (χ2v) is 5.76. The summed E-state index contributed by atoms with van der Waals surface area (Å²) in [6.45, 7) is 2.11. The molecule has 0 bridgehead atoms. The number of benzene rings is 1. The highest BCUT2D eigenvalue weighted by molar-refractivity contribution is 6.01. The van der Waals surface area contributed by atoms with Gasteiger partial charge in [0.2, 0.25) is 0 Å². The first kappa shape index (κ1) is 15.9. The SMILES string of the molecule is C[C@H]1CCCC[C@@H]1NC(=O)/C(C#N)=C/c1ccc(O)c(O)c1. The third kappa shape index (κ3) is 3.79. The fourth-order valence-electron chi connectivity index (χ4n) is 2.72. The number of phenols is 2. The predicted octanol–water partition coefficient (Wildman–Crippen LogP) is 2.70. The number of hydrogen-bond acceptors (Lipinski definition) is 4. The topological polar surface area (TPSA) is 93.4 Å². The van der Waals surface area contributed by atoms with Gasteiger partial charge in [-0.15, -0.1) is 0 Å². The van der Waals surface area contributed by atoms with Crippen molar-refractivity contribution in [3.63, 3.8) is 0 Å². The number of nitriles is 1. The summed E-state index contributed by atoms with van der Waals surface area (Å²) in [6, 6.07) is 6.15. The summed E-state index contributed by atoms with van der Waals surface area (Å²) in [4.78, 5) is 12.2. The highest BCUT2D eigenvalue weighted by Gasteiger charge is 2.24. The van der Waals surface area contributed by atoms with Gasteiger partial charge in [-0.05, 0) is 42.5 Å². The van der Waals surface area contributed by atoms with Gasteiger partial charge in [0.05, 0.1) is 0 Å². The zero-order chi connectivity index (χ0) is 16.1. The van der Waals surface area contributed by atoms with Crippen LogP contribution in [-0.2, 0) is 4.79 Å². The van der Waals surface area contributed by atoms with Crippen LogP contribution in [0.2, 0.25) is 0 Å². The van der Waals surface area contributed by atoms with Gasteiger partial charge in [0.1, 0.15) is 11.6 Å². The number of carbonyl (C=O) groups excluding carboxylic acids is 1. The average Bonchev–Trinajstić information content (AvgIpc) is 2.50. The molecule has 2 rings (SSSR count). The van der Waals surface area contributed by atoms with E-state index in [-0.39, 0.29) is 23.1 Å². The van der Waals surface area contributed by atoms with E-state index in [0.717, 1.165) is 19.3 Å². The van der Waals surface area contributed by atoms with Crippen LogP contribution in [0, 0.1) is 17.2 Å². The van der Waals surface area contributed by atoms with Gasteiger partial charge in [-0.25, -0.2) is 0 Å². The summed E-state index contributed by atoms with van der Waals surface area (Å²) in [5.74, 6) is -0.507. The highest BCUT2D eigenvalue weighted by atomic mass is 16.3. The number of nitrogens with zero attached hydrogens (tertiary/aromatic N) is 1. The van der Waals surface area contributed by atoms with E-state index in [1.165, 1.54) is 30.7 Å². The van der Waals surface area contributed by atoms with Crippen molar-refractivity contribution in [2.45, 2.75) is 38.6 Å². The minimum absolute atomic E-state index is 0.0112. The Hall–Kier alpha value is -2.48. The lowest BCUT2D eigenvalue weighted by atomic mass is 9.86. The van der Waals surface area contributed by atoms with E-state index in [1.54, 1.807) is 0 Å². The molecular formula is C17H20N2O3. The number of amides is 1. The molecule has 22 heavy (non-hydrogen) atoms. The Morgan fingerprint density at radius 1 is 1.32 bits per heavy atom. The van der Waals surface area contributed by atoms with Crippen molar-refractivity contribution < 1.29 is 15.0 Å². The van der Waals surface area contributed by atoms with Crippen molar-refractivity contribution in [2.75, 3.05) is 0 Å². The average molecular weight is 300 g/mol. The Kier molecular flexibility index (Phi) is 5.05.